The highest BCUT2D eigenvalue weighted by atomic mass is 32.2. The predicted molar refractivity (Wildman–Crippen MR) is 81.9 cm³/mol. The third-order valence-electron chi connectivity index (χ3n) is 4.07. The topological polar surface area (TPSA) is 79.0 Å². The number of sulfonamides is 1. The highest BCUT2D eigenvalue weighted by molar-refractivity contribution is 7.89. The second kappa shape index (κ2) is 5.27. The first kappa shape index (κ1) is 14.3. The van der Waals surface area contributed by atoms with Crippen molar-refractivity contribution in [2.24, 2.45) is 0 Å². The van der Waals surface area contributed by atoms with E-state index < -0.39 is 10.0 Å². The van der Waals surface area contributed by atoms with Crippen molar-refractivity contribution in [3.05, 3.63) is 40.3 Å². The van der Waals surface area contributed by atoms with Crippen molar-refractivity contribution in [3.8, 4) is 0 Å². The van der Waals surface area contributed by atoms with E-state index in [0.29, 0.717) is 5.39 Å². The van der Waals surface area contributed by atoms with Gasteiger partial charge >= 0.3 is 0 Å². The number of aromatic nitrogens is 1. The third kappa shape index (κ3) is 2.73. The summed E-state index contributed by atoms with van der Waals surface area (Å²) in [5, 5.41) is 1.18. The summed E-state index contributed by atoms with van der Waals surface area (Å²) in [7, 11) is -3.57. The molecule has 0 saturated heterocycles. The average Bonchev–Trinajstić information content (AvgIpc) is 2.95. The number of fused-ring (bicyclic) bond motifs is 1. The van der Waals surface area contributed by atoms with Gasteiger partial charge in [-0.1, -0.05) is 18.9 Å². The van der Waals surface area contributed by atoms with E-state index in [2.05, 4.69) is 9.71 Å². The lowest BCUT2D eigenvalue weighted by Gasteiger charge is -2.13. The van der Waals surface area contributed by atoms with Crippen LogP contribution in [0.2, 0.25) is 0 Å². The maximum atomic E-state index is 12.4. The zero-order valence-corrected chi connectivity index (χ0v) is 12.7. The normalized spacial score (nSPS) is 16.6. The molecule has 0 radical (unpaired) electrons. The Balaban J connectivity index is 2.04. The number of rotatable bonds is 3. The average molecular weight is 306 g/mol. The Morgan fingerprint density at radius 2 is 1.90 bits per heavy atom. The van der Waals surface area contributed by atoms with Crippen LogP contribution in [-0.2, 0) is 10.0 Å². The van der Waals surface area contributed by atoms with Crippen molar-refractivity contribution < 1.29 is 8.42 Å². The molecular weight excluding hydrogens is 288 g/mol. The lowest BCUT2D eigenvalue weighted by atomic mass is 10.1. The van der Waals surface area contributed by atoms with Crippen LogP contribution in [-0.4, -0.2) is 19.4 Å². The molecule has 2 N–H and O–H groups in total. The number of hydrogen-bond acceptors (Lipinski definition) is 3. The molecule has 1 aliphatic rings. The van der Waals surface area contributed by atoms with Crippen LogP contribution in [0.4, 0.5) is 0 Å². The van der Waals surface area contributed by atoms with Gasteiger partial charge in [0, 0.05) is 17.6 Å². The summed E-state index contributed by atoms with van der Waals surface area (Å²) >= 11 is 0. The molecule has 0 spiro atoms. The molecule has 1 aliphatic carbocycles. The van der Waals surface area contributed by atoms with Gasteiger partial charge in [-0.15, -0.1) is 0 Å². The molecule has 0 atom stereocenters. The lowest BCUT2D eigenvalue weighted by Crippen LogP contribution is -2.32. The number of nitrogens with one attached hydrogen (secondary N) is 2. The van der Waals surface area contributed by atoms with E-state index in [0.717, 1.165) is 36.6 Å². The van der Waals surface area contributed by atoms with Gasteiger partial charge in [0.2, 0.25) is 10.0 Å². The zero-order chi connectivity index (χ0) is 15.0. The Hall–Kier alpha value is -1.66. The Labute approximate surface area is 123 Å². The van der Waals surface area contributed by atoms with Gasteiger partial charge < -0.3 is 4.98 Å². The minimum absolute atomic E-state index is 0.0153. The Bertz CT molecular complexity index is 834. The van der Waals surface area contributed by atoms with Crippen molar-refractivity contribution in [3.63, 3.8) is 0 Å². The smallest absolute Gasteiger partial charge is 0.255 e. The zero-order valence-electron chi connectivity index (χ0n) is 11.8. The van der Waals surface area contributed by atoms with E-state index in [4.69, 9.17) is 0 Å². The van der Waals surface area contributed by atoms with Crippen molar-refractivity contribution in [2.75, 3.05) is 0 Å². The molecule has 1 aromatic carbocycles. The van der Waals surface area contributed by atoms with Crippen LogP contribution in [0.15, 0.2) is 34.1 Å². The van der Waals surface area contributed by atoms with E-state index in [1.54, 1.807) is 18.3 Å². The Morgan fingerprint density at radius 3 is 2.62 bits per heavy atom. The molecule has 112 valence electrons. The Morgan fingerprint density at radius 1 is 1.19 bits per heavy atom. The van der Waals surface area contributed by atoms with Crippen LogP contribution < -0.4 is 10.3 Å². The van der Waals surface area contributed by atoms with Crippen LogP contribution in [0.5, 0.6) is 0 Å². The fourth-order valence-electron chi connectivity index (χ4n) is 2.88. The number of aryl methyl sites for hydroxylation is 1. The van der Waals surface area contributed by atoms with E-state index >= 15 is 0 Å². The van der Waals surface area contributed by atoms with Gasteiger partial charge in [-0.25, -0.2) is 13.1 Å². The third-order valence-corrected chi connectivity index (χ3v) is 5.59. The summed E-state index contributed by atoms with van der Waals surface area (Å²) in [5.41, 5.74) is 0.644. The maximum absolute atomic E-state index is 12.4. The second-order valence-electron chi connectivity index (χ2n) is 5.61. The molecule has 0 bridgehead atoms. The van der Waals surface area contributed by atoms with Gasteiger partial charge in [-0.3, -0.25) is 4.79 Å². The summed E-state index contributed by atoms with van der Waals surface area (Å²) in [4.78, 5) is 14.7. The summed E-state index contributed by atoms with van der Waals surface area (Å²) in [6, 6.07) is 4.73. The Kier molecular flexibility index (Phi) is 3.59. The second-order valence-corrected chi connectivity index (χ2v) is 7.32. The number of benzene rings is 1. The monoisotopic (exact) mass is 306 g/mol. The number of pyridine rings is 1. The largest absolute Gasteiger partial charge is 0.328 e. The highest BCUT2D eigenvalue weighted by Crippen LogP contribution is 2.22. The molecule has 1 heterocycles. The quantitative estimate of drug-likeness (QED) is 0.911. The summed E-state index contributed by atoms with van der Waals surface area (Å²) in [6.07, 6.45) is 5.52. The first-order chi connectivity index (χ1) is 9.97. The summed E-state index contributed by atoms with van der Waals surface area (Å²) in [5.74, 6) is 0. The molecule has 21 heavy (non-hydrogen) atoms. The molecule has 0 amide bonds. The van der Waals surface area contributed by atoms with Crippen molar-refractivity contribution in [1.82, 2.24) is 9.71 Å². The molecule has 5 nitrogen and oxygen atoms in total. The first-order valence-electron chi connectivity index (χ1n) is 7.12. The van der Waals surface area contributed by atoms with E-state index in [1.165, 1.54) is 6.07 Å². The number of aromatic amines is 1. The predicted octanol–water partition coefficient (Wildman–Crippen LogP) is 2.06. The van der Waals surface area contributed by atoms with Gasteiger partial charge in [0.1, 0.15) is 0 Å². The van der Waals surface area contributed by atoms with Crippen LogP contribution in [0.1, 0.15) is 31.2 Å². The molecule has 3 rings (SSSR count). The van der Waals surface area contributed by atoms with E-state index in [9.17, 15) is 13.2 Å². The lowest BCUT2D eigenvalue weighted by molar-refractivity contribution is 0.552. The molecule has 6 heteroatoms. The van der Waals surface area contributed by atoms with Crippen molar-refractivity contribution in [2.45, 2.75) is 43.5 Å². The van der Waals surface area contributed by atoms with Crippen LogP contribution in [0.3, 0.4) is 0 Å². The highest BCUT2D eigenvalue weighted by Gasteiger charge is 2.23. The van der Waals surface area contributed by atoms with Crippen molar-refractivity contribution in [1.29, 1.82) is 0 Å². The van der Waals surface area contributed by atoms with E-state index in [1.807, 2.05) is 6.92 Å². The molecule has 1 saturated carbocycles. The van der Waals surface area contributed by atoms with Gasteiger partial charge in [0.15, 0.2) is 0 Å². The van der Waals surface area contributed by atoms with Crippen LogP contribution in [0.25, 0.3) is 10.8 Å². The molecule has 1 fully saturated rings. The summed E-state index contributed by atoms with van der Waals surface area (Å²) in [6.45, 7) is 1.88. The molecule has 0 aliphatic heterocycles. The van der Waals surface area contributed by atoms with Crippen LogP contribution >= 0.6 is 0 Å². The van der Waals surface area contributed by atoms with Gasteiger partial charge in [0.25, 0.3) is 5.56 Å². The van der Waals surface area contributed by atoms with Crippen LogP contribution in [0, 0.1) is 6.92 Å². The van der Waals surface area contributed by atoms with E-state index in [-0.39, 0.29) is 16.5 Å². The molecule has 2 aromatic rings. The fourth-order valence-corrected chi connectivity index (χ4v) is 4.21. The number of hydrogen-bond donors (Lipinski definition) is 2. The molecule has 0 unspecified atom stereocenters. The SMILES string of the molecule is Cc1c[nH]c(=O)c2cc(S(=O)(=O)NC3CCCC3)ccc12. The first-order valence-corrected chi connectivity index (χ1v) is 8.60. The van der Waals surface area contributed by atoms with Gasteiger partial charge in [-0.2, -0.15) is 0 Å². The molecular formula is C15H18N2O3S. The standard InChI is InChI=1S/C15H18N2O3S/c1-10-9-16-15(18)14-8-12(6-7-13(10)14)21(19,20)17-11-4-2-3-5-11/h6-9,11,17H,2-5H2,1H3,(H,16,18). The molecule has 1 aromatic heterocycles. The minimum atomic E-state index is -3.57. The summed E-state index contributed by atoms with van der Waals surface area (Å²) < 4.78 is 27.5. The fraction of sp³-hybridized carbons (Fsp3) is 0.400. The maximum Gasteiger partial charge on any atom is 0.255 e. The van der Waals surface area contributed by atoms with Crippen molar-refractivity contribution >= 4 is 20.8 Å². The number of H-pyrrole nitrogens is 1. The van der Waals surface area contributed by atoms with Gasteiger partial charge in [-0.05, 0) is 42.8 Å². The van der Waals surface area contributed by atoms with Gasteiger partial charge in [0.05, 0.1) is 4.90 Å². The minimum Gasteiger partial charge on any atom is -0.328 e.